The van der Waals surface area contributed by atoms with Gasteiger partial charge < -0.3 is 4.28 Å². The van der Waals surface area contributed by atoms with Gasteiger partial charge in [-0.15, -0.1) is 0 Å². The minimum Gasteiger partial charge on any atom is -1.00 e. The van der Waals surface area contributed by atoms with Gasteiger partial charge in [0.1, 0.15) is 0 Å². The van der Waals surface area contributed by atoms with Crippen LogP contribution in [0, 0.1) is 0 Å². The predicted octanol–water partition coefficient (Wildman–Crippen LogP) is -4.34. The zero-order valence-electron chi connectivity index (χ0n) is 8.95. The smallest absolute Gasteiger partial charge is 1.00 e. The molecule has 0 unspecified atom stereocenters. The fourth-order valence-corrected chi connectivity index (χ4v) is 0. The fourth-order valence-electron chi connectivity index (χ4n) is 0. The summed E-state index contributed by atoms with van der Waals surface area (Å²) >= 11 is 0. The van der Waals surface area contributed by atoms with Crippen molar-refractivity contribution in [3.8, 4) is 0 Å². The van der Waals surface area contributed by atoms with Gasteiger partial charge in [0.15, 0.2) is 0 Å². The van der Waals surface area contributed by atoms with Crippen LogP contribution in [0.5, 0.6) is 0 Å². The van der Waals surface area contributed by atoms with Gasteiger partial charge in [-0.3, -0.25) is 18.2 Å². The maximum Gasteiger partial charge on any atom is 2.00 e. The van der Waals surface area contributed by atoms with Gasteiger partial charge in [0, 0.05) is 0 Å². The van der Waals surface area contributed by atoms with Crippen LogP contribution in [0.2, 0.25) is 0 Å². The average Bonchev–Trinajstić information content (AvgIpc) is 1.12. The summed E-state index contributed by atoms with van der Waals surface area (Å²) in [6.45, 7) is 0. The molecule has 0 aromatic heterocycles. The number of hydrogen-bond acceptors (Lipinski definition) is 4. The van der Waals surface area contributed by atoms with Crippen molar-refractivity contribution in [2.75, 3.05) is 0 Å². The Kier molecular flexibility index (Phi) is 19.6. The minimum atomic E-state index is -4.67. The van der Waals surface area contributed by atoms with Gasteiger partial charge in [0.05, 0.1) is 0 Å². The van der Waals surface area contributed by atoms with Crippen molar-refractivity contribution in [3.63, 3.8) is 0 Å². The molecule has 4 N–H and O–H groups in total. The zero-order valence-corrected chi connectivity index (χ0v) is 14.0. The predicted molar refractivity (Wildman–Crippen MR) is 37.4 cm³/mol. The van der Waals surface area contributed by atoms with Crippen LogP contribution in [0.3, 0.4) is 0 Å². The van der Waals surface area contributed by atoms with E-state index in [1.54, 1.807) is 0 Å². The first-order valence-corrected chi connectivity index (χ1v) is 4.19. The first kappa shape index (κ1) is 23.9. The quantitative estimate of drug-likeness (QED) is 0.250. The Balaban J connectivity index is -0.0000000128. The molecule has 70 valence electrons. The van der Waals surface area contributed by atoms with Gasteiger partial charge in [-0.1, -0.05) is 0 Å². The second-order valence-electron chi connectivity index (χ2n) is 0.896. The van der Waals surface area contributed by atoms with Gasteiger partial charge in [-0.25, -0.2) is 0 Å². The summed E-state index contributed by atoms with van der Waals surface area (Å²) < 4.78 is 63.2. The van der Waals surface area contributed by atoms with Crippen molar-refractivity contribution in [2.24, 2.45) is 0 Å². The monoisotopic (exact) mass is 360 g/mol. The molecule has 0 amide bonds. The Morgan fingerprint density at radius 1 is 0.750 bits per heavy atom. The van der Waals surface area contributed by atoms with E-state index in [9.17, 15) is 0 Å². The Morgan fingerprint density at radius 2 is 0.750 bits per heavy atom. The molecule has 0 heterocycles. The molecule has 0 atom stereocenters. The van der Waals surface area contributed by atoms with Crippen molar-refractivity contribution < 1.29 is 68.9 Å². The molecule has 0 radical (unpaired) electrons. The molecule has 0 fully saturated rings. The van der Waals surface area contributed by atoms with Gasteiger partial charge >= 0.3 is 99.2 Å². The summed E-state index contributed by atoms with van der Waals surface area (Å²) in [6.07, 6.45) is 0. The van der Waals surface area contributed by atoms with E-state index in [1.165, 1.54) is 0 Å². The summed E-state index contributed by atoms with van der Waals surface area (Å²) in [5, 5.41) is 0. The zero-order chi connectivity index (χ0) is 9.00. The molecule has 0 rings (SSSR count). The molecule has 0 aromatic rings. The van der Waals surface area contributed by atoms with Gasteiger partial charge in [-0.05, 0) is 0 Å². The van der Waals surface area contributed by atoms with E-state index in [-0.39, 0.29) is 82.7 Å². The van der Waals surface area contributed by atoms with Crippen molar-refractivity contribution in [1.82, 2.24) is 0 Å². The molecular weight excluding hydrogens is 352 g/mol. The topological polar surface area (TPSA) is 149 Å². The Bertz CT molecular complexity index is 224. The number of rotatable bonds is 0. The average molecular weight is 359 g/mol. The Morgan fingerprint density at radius 3 is 0.750 bits per heavy atom. The van der Waals surface area contributed by atoms with E-state index >= 15 is 0 Å². The van der Waals surface area contributed by atoms with Gasteiger partial charge in [0.2, 0.25) is 0 Å². The van der Waals surface area contributed by atoms with Crippen LogP contribution in [0.4, 0.5) is 0 Å². The maximum absolute atomic E-state index is 8.74. The normalized spacial score (nSPS) is 9.67. The van der Waals surface area contributed by atoms with Crippen LogP contribution >= 0.6 is 0 Å². The van der Waals surface area contributed by atoms with Crippen molar-refractivity contribution >= 4 is 69.7 Å². The molecule has 0 aliphatic carbocycles. The van der Waals surface area contributed by atoms with Crippen molar-refractivity contribution in [1.29, 1.82) is 0 Å². The van der Waals surface area contributed by atoms with E-state index in [1.807, 2.05) is 0 Å². The van der Waals surface area contributed by atoms with Crippen molar-refractivity contribution in [2.45, 2.75) is 0 Å². The second kappa shape index (κ2) is 9.85. The molecule has 0 aliphatic heterocycles. The van der Waals surface area contributed by atoms with Crippen LogP contribution in [-0.2, 0) is 20.8 Å². The summed E-state index contributed by atoms with van der Waals surface area (Å²) in [6, 6.07) is 0. The molecule has 0 saturated heterocycles. The third-order valence-electron chi connectivity index (χ3n) is 0. The molecular formula is H7BaNaO8S2. The molecule has 0 aromatic carbocycles. The van der Waals surface area contributed by atoms with Crippen LogP contribution in [-0.4, -0.2) is 83.9 Å². The second-order valence-corrected chi connectivity index (χ2v) is 2.69. The maximum atomic E-state index is 8.74. The molecule has 0 bridgehead atoms. The van der Waals surface area contributed by atoms with Gasteiger partial charge in [-0.2, -0.15) is 16.8 Å². The summed E-state index contributed by atoms with van der Waals surface area (Å²) in [7, 11) is -9.33. The molecule has 0 aliphatic rings. The molecule has 12 heteroatoms. The standard InChI is InChI=1S/Ba.Na.2H2O4S.3H/c;;2*1-5(2,3)4;;;/h;;2*(H2,1,2,3,4);;;/q+2;+1;;;3*-1. The summed E-state index contributed by atoms with van der Waals surface area (Å²) in [4.78, 5) is 0. The molecule has 0 saturated carbocycles. The van der Waals surface area contributed by atoms with Crippen molar-refractivity contribution in [3.05, 3.63) is 0 Å². The summed E-state index contributed by atoms with van der Waals surface area (Å²) in [5.41, 5.74) is 0. The third-order valence-corrected chi connectivity index (χ3v) is 0. The molecule has 8 nitrogen and oxygen atoms in total. The Hall–Kier alpha value is 2.31. The Labute approximate surface area is 136 Å². The van der Waals surface area contributed by atoms with Crippen LogP contribution in [0.15, 0.2) is 0 Å². The third kappa shape index (κ3) is 295. The largest absolute Gasteiger partial charge is 2.00 e. The fraction of sp³-hybridized carbons (Fsp3) is 0. The minimum absolute atomic E-state index is 0. The first-order valence-electron chi connectivity index (χ1n) is 1.40. The van der Waals surface area contributed by atoms with Crippen LogP contribution in [0.1, 0.15) is 4.28 Å². The molecule has 12 heavy (non-hydrogen) atoms. The van der Waals surface area contributed by atoms with E-state index < -0.39 is 20.8 Å². The summed E-state index contributed by atoms with van der Waals surface area (Å²) in [5.74, 6) is 0. The number of hydrogen-bond donors (Lipinski definition) is 4. The van der Waals surface area contributed by atoms with E-state index in [4.69, 9.17) is 35.0 Å². The first-order chi connectivity index (χ1) is 4.00. The van der Waals surface area contributed by atoms with E-state index in [0.717, 1.165) is 0 Å². The SMILES string of the molecule is O=S(=O)(O)O.O=S(=O)(O)O.[Ba+2].[H-].[H-].[H-].[Na+]. The van der Waals surface area contributed by atoms with Crippen LogP contribution < -0.4 is 29.6 Å². The van der Waals surface area contributed by atoms with E-state index in [2.05, 4.69) is 0 Å². The van der Waals surface area contributed by atoms with Gasteiger partial charge in [0.25, 0.3) is 0 Å². The molecule has 0 spiro atoms. The van der Waals surface area contributed by atoms with E-state index in [0.29, 0.717) is 0 Å². The van der Waals surface area contributed by atoms with Crippen LogP contribution in [0.25, 0.3) is 0 Å².